The van der Waals surface area contributed by atoms with Gasteiger partial charge >= 0.3 is 0 Å². The second kappa shape index (κ2) is 7.33. The summed E-state index contributed by atoms with van der Waals surface area (Å²) in [6.07, 6.45) is 0.957. The fraction of sp³-hybridized carbons (Fsp3) is 0.300. The van der Waals surface area contributed by atoms with Crippen LogP contribution < -0.4 is 0 Å². The minimum atomic E-state index is -0.938. The van der Waals surface area contributed by atoms with Crippen molar-refractivity contribution in [2.45, 2.75) is 25.4 Å². The number of likely N-dealkylation sites (tertiary alicyclic amines) is 1. The molecule has 0 aliphatic carbocycles. The van der Waals surface area contributed by atoms with Crippen molar-refractivity contribution < 1.29 is 9.90 Å². The summed E-state index contributed by atoms with van der Waals surface area (Å²) >= 11 is 5.94. The van der Waals surface area contributed by atoms with Gasteiger partial charge in [-0.25, -0.2) is 0 Å². The fourth-order valence-corrected chi connectivity index (χ4v) is 3.68. The number of rotatable bonds is 3. The van der Waals surface area contributed by atoms with Crippen LogP contribution in [0.25, 0.3) is 5.69 Å². The third-order valence-electron chi connectivity index (χ3n) is 5.22. The standard InChI is InChI=1S/C20H20ClN5O2/c1-14-22-23-24-26(14)18-4-2-3-15(13-18)19(27)25-11-9-20(28,10-12-25)16-5-7-17(21)8-6-16/h2-8,13,28H,9-12H2,1H3. The molecule has 0 spiro atoms. The molecule has 3 aromatic rings. The summed E-state index contributed by atoms with van der Waals surface area (Å²) in [6.45, 7) is 2.76. The maximum absolute atomic E-state index is 13.0. The second-order valence-corrected chi connectivity index (χ2v) is 7.46. The van der Waals surface area contributed by atoms with Crippen LogP contribution in [0.3, 0.4) is 0 Å². The van der Waals surface area contributed by atoms with E-state index in [0.717, 1.165) is 11.3 Å². The lowest BCUT2D eigenvalue weighted by atomic mass is 9.84. The van der Waals surface area contributed by atoms with Crippen molar-refractivity contribution in [1.82, 2.24) is 25.1 Å². The number of carbonyl (C=O) groups is 1. The van der Waals surface area contributed by atoms with E-state index < -0.39 is 5.60 Å². The van der Waals surface area contributed by atoms with Gasteiger partial charge < -0.3 is 10.0 Å². The number of halogens is 1. The summed E-state index contributed by atoms with van der Waals surface area (Å²) in [7, 11) is 0. The number of tetrazole rings is 1. The largest absolute Gasteiger partial charge is 0.385 e. The number of benzene rings is 2. The molecule has 1 saturated heterocycles. The van der Waals surface area contributed by atoms with Gasteiger partial charge in [-0.05, 0) is 66.1 Å². The van der Waals surface area contributed by atoms with Gasteiger partial charge in [0.2, 0.25) is 0 Å². The Morgan fingerprint density at radius 1 is 1.14 bits per heavy atom. The Morgan fingerprint density at radius 2 is 1.86 bits per heavy atom. The lowest BCUT2D eigenvalue weighted by molar-refractivity contribution is -0.0211. The molecule has 1 aliphatic rings. The van der Waals surface area contributed by atoms with Gasteiger partial charge in [-0.1, -0.05) is 29.8 Å². The quantitative estimate of drug-likeness (QED) is 0.734. The van der Waals surface area contributed by atoms with Crippen LogP contribution in [0.15, 0.2) is 48.5 Å². The van der Waals surface area contributed by atoms with Gasteiger partial charge in [-0.15, -0.1) is 5.10 Å². The minimum absolute atomic E-state index is 0.0641. The molecule has 4 rings (SSSR count). The highest BCUT2D eigenvalue weighted by Gasteiger charge is 2.35. The van der Waals surface area contributed by atoms with Crippen molar-refractivity contribution >= 4 is 17.5 Å². The SMILES string of the molecule is Cc1nnnn1-c1cccc(C(=O)N2CCC(O)(c3ccc(Cl)cc3)CC2)c1. The monoisotopic (exact) mass is 397 g/mol. The average molecular weight is 398 g/mol. The maximum Gasteiger partial charge on any atom is 0.253 e. The lowest BCUT2D eigenvalue weighted by Crippen LogP contribution is -2.45. The van der Waals surface area contributed by atoms with Gasteiger partial charge in [0.15, 0.2) is 5.82 Å². The summed E-state index contributed by atoms with van der Waals surface area (Å²) in [5, 5.41) is 23.1. The molecular weight excluding hydrogens is 378 g/mol. The van der Waals surface area contributed by atoms with E-state index >= 15 is 0 Å². The van der Waals surface area contributed by atoms with Crippen molar-refractivity contribution in [2.24, 2.45) is 0 Å². The Kier molecular flexibility index (Phi) is 4.87. The van der Waals surface area contributed by atoms with Crippen molar-refractivity contribution in [3.8, 4) is 5.69 Å². The normalized spacial score (nSPS) is 16.2. The Morgan fingerprint density at radius 3 is 2.50 bits per heavy atom. The van der Waals surface area contributed by atoms with E-state index in [9.17, 15) is 9.90 Å². The number of hydrogen-bond donors (Lipinski definition) is 1. The number of nitrogens with zero attached hydrogens (tertiary/aromatic N) is 5. The number of aryl methyl sites for hydroxylation is 1. The van der Waals surface area contributed by atoms with Gasteiger partial charge in [0.25, 0.3) is 5.91 Å². The Hall–Kier alpha value is -2.77. The Balaban J connectivity index is 1.49. The fourth-order valence-electron chi connectivity index (χ4n) is 3.55. The van der Waals surface area contributed by atoms with Gasteiger partial charge in [0, 0.05) is 23.7 Å². The van der Waals surface area contributed by atoms with Gasteiger partial charge in [-0.2, -0.15) is 4.68 Å². The molecule has 0 radical (unpaired) electrons. The third-order valence-corrected chi connectivity index (χ3v) is 5.47. The van der Waals surface area contributed by atoms with E-state index in [4.69, 9.17) is 11.6 Å². The second-order valence-electron chi connectivity index (χ2n) is 7.02. The Labute approximate surface area is 167 Å². The summed E-state index contributed by atoms with van der Waals surface area (Å²) in [6, 6.07) is 14.5. The molecule has 1 amide bonds. The predicted octanol–water partition coefficient (Wildman–Crippen LogP) is 2.75. The Bertz CT molecular complexity index is 994. The number of aromatic nitrogens is 4. The number of aliphatic hydroxyl groups is 1. The van der Waals surface area contributed by atoms with Gasteiger partial charge in [0.05, 0.1) is 11.3 Å². The molecule has 1 N–H and O–H groups in total. The molecule has 1 aliphatic heterocycles. The van der Waals surface area contributed by atoms with E-state index in [-0.39, 0.29) is 5.91 Å². The predicted molar refractivity (Wildman–Crippen MR) is 104 cm³/mol. The average Bonchev–Trinajstić information content (AvgIpc) is 3.14. The number of hydrogen-bond acceptors (Lipinski definition) is 5. The number of piperidine rings is 1. The smallest absolute Gasteiger partial charge is 0.253 e. The van der Waals surface area contributed by atoms with Crippen molar-refractivity contribution in [3.63, 3.8) is 0 Å². The van der Waals surface area contributed by atoms with E-state index in [1.54, 1.807) is 40.8 Å². The summed E-state index contributed by atoms with van der Waals surface area (Å²) in [5.74, 6) is 0.585. The van der Waals surface area contributed by atoms with Crippen LogP contribution in [-0.2, 0) is 5.60 Å². The zero-order valence-electron chi connectivity index (χ0n) is 15.4. The van der Waals surface area contributed by atoms with Crippen molar-refractivity contribution in [3.05, 3.63) is 70.5 Å². The molecule has 0 atom stereocenters. The first-order valence-electron chi connectivity index (χ1n) is 9.09. The highest BCUT2D eigenvalue weighted by molar-refractivity contribution is 6.30. The van der Waals surface area contributed by atoms with E-state index in [1.807, 2.05) is 24.3 Å². The molecule has 28 heavy (non-hydrogen) atoms. The molecule has 0 bridgehead atoms. The molecule has 2 aromatic carbocycles. The van der Waals surface area contributed by atoms with Crippen LogP contribution in [0.2, 0.25) is 5.02 Å². The molecule has 0 unspecified atom stereocenters. The van der Waals surface area contributed by atoms with Gasteiger partial charge in [0.1, 0.15) is 0 Å². The number of amides is 1. The van der Waals surface area contributed by atoms with E-state index in [0.29, 0.717) is 42.3 Å². The molecule has 0 saturated carbocycles. The van der Waals surface area contributed by atoms with Crippen LogP contribution in [0.4, 0.5) is 0 Å². The lowest BCUT2D eigenvalue weighted by Gasteiger charge is -2.38. The van der Waals surface area contributed by atoms with Crippen LogP contribution in [0.5, 0.6) is 0 Å². The van der Waals surface area contributed by atoms with Crippen molar-refractivity contribution in [2.75, 3.05) is 13.1 Å². The highest BCUT2D eigenvalue weighted by atomic mass is 35.5. The van der Waals surface area contributed by atoms with Crippen LogP contribution in [0.1, 0.15) is 34.6 Å². The van der Waals surface area contributed by atoms with Crippen molar-refractivity contribution in [1.29, 1.82) is 0 Å². The van der Waals surface area contributed by atoms with Crippen LogP contribution in [-0.4, -0.2) is 49.2 Å². The summed E-state index contributed by atoms with van der Waals surface area (Å²) in [4.78, 5) is 14.7. The summed E-state index contributed by atoms with van der Waals surface area (Å²) in [5.41, 5.74) is 1.21. The van der Waals surface area contributed by atoms with E-state index in [1.165, 1.54) is 0 Å². The first kappa shape index (κ1) is 18.6. The van der Waals surface area contributed by atoms with Crippen LogP contribution in [0, 0.1) is 6.92 Å². The zero-order chi connectivity index (χ0) is 19.7. The third kappa shape index (κ3) is 3.50. The van der Waals surface area contributed by atoms with Gasteiger partial charge in [-0.3, -0.25) is 4.79 Å². The first-order chi connectivity index (χ1) is 13.5. The number of carbonyl (C=O) groups excluding carboxylic acids is 1. The highest BCUT2D eigenvalue weighted by Crippen LogP contribution is 2.33. The topological polar surface area (TPSA) is 84.1 Å². The molecular formula is C20H20ClN5O2. The first-order valence-corrected chi connectivity index (χ1v) is 9.47. The summed E-state index contributed by atoms with van der Waals surface area (Å²) < 4.78 is 1.59. The molecule has 1 aromatic heterocycles. The zero-order valence-corrected chi connectivity index (χ0v) is 16.2. The van der Waals surface area contributed by atoms with E-state index in [2.05, 4.69) is 15.5 Å². The maximum atomic E-state index is 13.0. The molecule has 8 heteroatoms. The molecule has 2 heterocycles. The van der Waals surface area contributed by atoms with Crippen LogP contribution >= 0.6 is 11.6 Å². The molecule has 1 fully saturated rings. The molecule has 7 nitrogen and oxygen atoms in total. The molecule has 144 valence electrons. The minimum Gasteiger partial charge on any atom is -0.385 e.